The van der Waals surface area contributed by atoms with Crippen molar-refractivity contribution < 1.29 is 4.42 Å². The fraction of sp³-hybridized carbons (Fsp3) is 0.125. The third kappa shape index (κ3) is 1.20. The monoisotopic (exact) mass is 177 g/mol. The normalized spacial score (nSPS) is 10.8. The number of benzene rings is 1. The first-order valence-electron chi connectivity index (χ1n) is 3.50. The lowest BCUT2D eigenvalue weighted by Gasteiger charge is -1.88. The van der Waals surface area contributed by atoms with E-state index in [-0.39, 0.29) is 5.88 Å². The van der Waals surface area contributed by atoms with Gasteiger partial charge < -0.3 is 4.42 Å². The molecule has 0 bridgehead atoms. The molecule has 0 aliphatic rings. The van der Waals surface area contributed by atoms with Crippen molar-refractivity contribution in [2.75, 3.05) is 0 Å². The molecule has 1 aromatic heterocycles. The summed E-state index contributed by atoms with van der Waals surface area (Å²) in [5.41, 5.74) is 2.14. The molecule has 0 aliphatic carbocycles. The van der Waals surface area contributed by atoms with Gasteiger partial charge in [0.25, 0.3) is 0 Å². The number of nitrogens with zero attached hydrogens (tertiary/aromatic N) is 1. The standard InChI is InChI=1S/C8H5BClNO/c9-5-1-2-6-7(3-5)12-8(4-10)11-6/h1-3H,4H2. The Bertz CT molecular complexity index is 412. The molecule has 58 valence electrons. The Morgan fingerprint density at radius 1 is 1.50 bits per heavy atom. The molecule has 1 aromatic carbocycles. The zero-order valence-corrected chi connectivity index (χ0v) is 7.01. The van der Waals surface area contributed by atoms with Crippen molar-refractivity contribution in [2.45, 2.75) is 5.88 Å². The molecule has 2 rings (SSSR count). The lowest BCUT2D eigenvalue weighted by molar-refractivity contribution is 0.555. The number of alkyl halides is 1. The number of hydrogen-bond acceptors (Lipinski definition) is 2. The molecule has 0 N–H and O–H groups in total. The number of halogens is 1. The van der Waals surface area contributed by atoms with E-state index in [1.165, 1.54) is 0 Å². The van der Waals surface area contributed by atoms with Crippen LogP contribution in [0.2, 0.25) is 0 Å². The van der Waals surface area contributed by atoms with Gasteiger partial charge >= 0.3 is 0 Å². The lowest BCUT2D eigenvalue weighted by atomic mass is 9.96. The Balaban J connectivity index is 2.67. The minimum absolute atomic E-state index is 0.286. The van der Waals surface area contributed by atoms with E-state index in [1.807, 2.05) is 6.07 Å². The van der Waals surface area contributed by atoms with Crippen LogP contribution in [0.15, 0.2) is 22.6 Å². The average molecular weight is 177 g/mol. The maximum atomic E-state index is 5.55. The Morgan fingerprint density at radius 2 is 2.33 bits per heavy atom. The van der Waals surface area contributed by atoms with Crippen LogP contribution in [0, 0.1) is 0 Å². The van der Waals surface area contributed by atoms with Crippen LogP contribution in [-0.2, 0) is 5.88 Å². The predicted octanol–water partition coefficient (Wildman–Crippen LogP) is 1.36. The number of rotatable bonds is 1. The molecule has 0 fully saturated rings. The van der Waals surface area contributed by atoms with E-state index in [0.29, 0.717) is 16.9 Å². The van der Waals surface area contributed by atoms with Crippen molar-refractivity contribution in [2.24, 2.45) is 0 Å². The van der Waals surface area contributed by atoms with Gasteiger partial charge in [-0.05, 0) is 12.1 Å². The van der Waals surface area contributed by atoms with Crippen LogP contribution in [-0.4, -0.2) is 12.8 Å². The summed E-state index contributed by atoms with van der Waals surface area (Å²) in [5, 5.41) is 0. The molecule has 0 atom stereocenters. The van der Waals surface area contributed by atoms with Crippen molar-refractivity contribution in [3.63, 3.8) is 0 Å². The smallest absolute Gasteiger partial charge is 0.210 e. The van der Waals surface area contributed by atoms with Crippen LogP contribution in [0.3, 0.4) is 0 Å². The Labute approximate surface area is 75.9 Å². The topological polar surface area (TPSA) is 26.0 Å². The van der Waals surface area contributed by atoms with E-state index >= 15 is 0 Å². The quantitative estimate of drug-likeness (QED) is 0.486. The molecule has 0 spiro atoms. The van der Waals surface area contributed by atoms with Gasteiger partial charge in [-0.3, -0.25) is 0 Å². The summed E-state index contributed by atoms with van der Waals surface area (Å²) >= 11 is 5.55. The van der Waals surface area contributed by atoms with E-state index in [0.717, 1.165) is 5.52 Å². The second-order valence-electron chi connectivity index (χ2n) is 2.47. The van der Waals surface area contributed by atoms with Crippen LogP contribution >= 0.6 is 11.6 Å². The van der Waals surface area contributed by atoms with Gasteiger partial charge in [0.15, 0.2) is 5.58 Å². The first-order valence-corrected chi connectivity index (χ1v) is 4.04. The maximum absolute atomic E-state index is 5.55. The van der Waals surface area contributed by atoms with Crippen LogP contribution in [0.1, 0.15) is 5.89 Å². The zero-order chi connectivity index (χ0) is 8.55. The average Bonchev–Trinajstić information content (AvgIpc) is 2.46. The van der Waals surface area contributed by atoms with E-state index < -0.39 is 0 Å². The van der Waals surface area contributed by atoms with Crippen molar-refractivity contribution in [3.8, 4) is 0 Å². The Hall–Kier alpha value is -0.955. The lowest BCUT2D eigenvalue weighted by Crippen LogP contribution is -1.98. The number of aromatic nitrogens is 1. The van der Waals surface area contributed by atoms with Crippen molar-refractivity contribution in [1.82, 2.24) is 4.98 Å². The molecule has 0 amide bonds. The van der Waals surface area contributed by atoms with E-state index in [1.54, 1.807) is 12.1 Å². The highest BCUT2D eigenvalue weighted by Crippen LogP contribution is 2.14. The SMILES string of the molecule is [B]c1ccc2nc(CCl)oc2c1. The zero-order valence-electron chi connectivity index (χ0n) is 6.25. The highest BCUT2D eigenvalue weighted by Gasteiger charge is 2.02. The fourth-order valence-corrected chi connectivity index (χ4v) is 1.16. The van der Waals surface area contributed by atoms with Gasteiger partial charge in [0.1, 0.15) is 13.4 Å². The van der Waals surface area contributed by atoms with Crippen LogP contribution < -0.4 is 5.46 Å². The van der Waals surface area contributed by atoms with E-state index in [9.17, 15) is 0 Å². The molecule has 0 aliphatic heterocycles. The summed E-state index contributed by atoms with van der Waals surface area (Å²) < 4.78 is 5.27. The summed E-state index contributed by atoms with van der Waals surface area (Å²) in [6.45, 7) is 0. The molecular weight excluding hydrogens is 172 g/mol. The fourth-order valence-electron chi connectivity index (χ4n) is 1.05. The summed E-state index contributed by atoms with van der Waals surface area (Å²) in [4.78, 5) is 4.12. The molecule has 0 unspecified atom stereocenters. The number of hydrogen-bond donors (Lipinski definition) is 0. The molecule has 2 radical (unpaired) electrons. The van der Waals surface area contributed by atoms with Gasteiger partial charge in [0.05, 0.1) is 5.88 Å². The van der Waals surface area contributed by atoms with Crippen LogP contribution in [0.5, 0.6) is 0 Å². The molecule has 12 heavy (non-hydrogen) atoms. The molecule has 0 saturated carbocycles. The third-order valence-electron chi connectivity index (χ3n) is 1.57. The minimum atomic E-state index is 0.286. The van der Waals surface area contributed by atoms with Gasteiger partial charge in [-0.2, -0.15) is 0 Å². The first-order chi connectivity index (χ1) is 5.79. The van der Waals surface area contributed by atoms with Crippen molar-refractivity contribution in [1.29, 1.82) is 0 Å². The van der Waals surface area contributed by atoms with Gasteiger partial charge in [0, 0.05) is 0 Å². The van der Waals surface area contributed by atoms with Crippen LogP contribution in [0.4, 0.5) is 0 Å². The largest absolute Gasteiger partial charge is 0.439 e. The van der Waals surface area contributed by atoms with Gasteiger partial charge in [-0.15, -0.1) is 11.6 Å². The Kier molecular flexibility index (Phi) is 1.81. The third-order valence-corrected chi connectivity index (χ3v) is 1.80. The highest BCUT2D eigenvalue weighted by atomic mass is 35.5. The molecular formula is C8H5BClNO. The summed E-state index contributed by atoms with van der Waals surface area (Å²) in [6.07, 6.45) is 0. The molecule has 1 heterocycles. The summed E-state index contributed by atoms with van der Waals surface area (Å²) in [6, 6.07) is 5.32. The van der Waals surface area contributed by atoms with E-state index in [2.05, 4.69) is 4.98 Å². The first kappa shape index (κ1) is 7.68. The molecule has 4 heteroatoms. The second-order valence-corrected chi connectivity index (χ2v) is 2.74. The van der Waals surface area contributed by atoms with E-state index in [4.69, 9.17) is 23.9 Å². The molecule has 2 nitrogen and oxygen atoms in total. The van der Waals surface area contributed by atoms with Gasteiger partial charge in [-0.25, -0.2) is 4.98 Å². The van der Waals surface area contributed by atoms with Crippen molar-refractivity contribution >= 4 is 36.0 Å². The molecule has 2 aromatic rings. The summed E-state index contributed by atoms with van der Waals surface area (Å²) in [5.74, 6) is 0.812. The van der Waals surface area contributed by atoms with Crippen LogP contribution in [0.25, 0.3) is 11.1 Å². The number of fused-ring (bicyclic) bond motifs is 1. The summed E-state index contributed by atoms with van der Waals surface area (Å²) in [7, 11) is 5.55. The highest BCUT2D eigenvalue weighted by molar-refractivity contribution is 6.33. The minimum Gasteiger partial charge on any atom is -0.439 e. The maximum Gasteiger partial charge on any atom is 0.210 e. The second kappa shape index (κ2) is 2.83. The van der Waals surface area contributed by atoms with Gasteiger partial charge in [-0.1, -0.05) is 11.5 Å². The predicted molar refractivity (Wildman–Crippen MR) is 49.0 cm³/mol. The van der Waals surface area contributed by atoms with Crippen molar-refractivity contribution in [3.05, 3.63) is 24.1 Å². The Morgan fingerprint density at radius 3 is 3.08 bits per heavy atom. The number of oxazole rings is 1. The van der Waals surface area contributed by atoms with Gasteiger partial charge in [0.2, 0.25) is 5.89 Å². The molecule has 0 saturated heterocycles.